The smallest absolute Gasteiger partial charge is 0.156 e. The average molecular weight is 338 g/mol. The van der Waals surface area contributed by atoms with Crippen LogP contribution in [0.15, 0.2) is 47.6 Å². The van der Waals surface area contributed by atoms with Crippen LogP contribution in [0.3, 0.4) is 0 Å². The summed E-state index contributed by atoms with van der Waals surface area (Å²) in [4.78, 5) is 10.6. The third-order valence-electron chi connectivity index (χ3n) is 4.67. The summed E-state index contributed by atoms with van der Waals surface area (Å²) in [5, 5.41) is 3.51. The van der Waals surface area contributed by atoms with Crippen LogP contribution in [0.25, 0.3) is 22.2 Å². The van der Waals surface area contributed by atoms with Gasteiger partial charge in [-0.3, -0.25) is 0 Å². The fourth-order valence-corrected chi connectivity index (χ4v) is 3.25. The van der Waals surface area contributed by atoms with Gasteiger partial charge in [-0.05, 0) is 55.1 Å². The van der Waals surface area contributed by atoms with Crippen molar-refractivity contribution in [1.82, 2.24) is 4.57 Å². The maximum atomic E-state index is 15.2. The van der Waals surface area contributed by atoms with E-state index in [0.717, 1.165) is 23.4 Å². The highest BCUT2D eigenvalue weighted by Crippen LogP contribution is 2.39. The molecule has 25 heavy (non-hydrogen) atoms. The second-order valence-corrected chi connectivity index (χ2v) is 6.47. The topological polar surface area (TPSA) is 43.6 Å². The van der Waals surface area contributed by atoms with Gasteiger partial charge >= 0.3 is 0 Å². The van der Waals surface area contributed by atoms with Gasteiger partial charge in [0.05, 0.1) is 17.8 Å². The predicted molar refractivity (Wildman–Crippen MR) is 96.7 cm³/mol. The van der Waals surface area contributed by atoms with E-state index >= 15 is 4.39 Å². The quantitative estimate of drug-likeness (QED) is 0.545. The minimum atomic E-state index is -0.231. The van der Waals surface area contributed by atoms with Crippen LogP contribution in [0, 0.1) is 16.6 Å². The first-order valence-electron chi connectivity index (χ1n) is 8.59. The summed E-state index contributed by atoms with van der Waals surface area (Å²) in [5.74, 6) is 1.11. The van der Waals surface area contributed by atoms with Gasteiger partial charge in [-0.15, -0.1) is 4.91 Å². The molecule has 0 unspecified atom stereocenters. The molecule has 0 atom stereocenters. The third kappa shape index (κ3) is 2.90. The lowest BCUT2D eigenvalue weighted by Gasteiger charge is -2.11. The van der Waals surface area contributed by atoms with E-state index < -0.39 is 0 Å². The van der Waals surface area contributed by atoms with Crippen molar-refractivity contribution in [3.63, 3.8) is 0 Å². The molecule has 4 nitrogen and oxygen atoms in total. The van der Waals surface area contributed by atoms with Crippen molar-refractivity contribution in [3.05, 3.63) is 53.2 Å². The summed E-state index contributed by atoms with van der Waals surface area (Å²) in [6.07, 6.45) is 2.36. The summed E-state index contributed by atoms with van der Waals surface area (Å²) in [7, 11) is 0. The zero-order valence-corrected chi connectivity index (χ0v) is 14.0. The van der Waals surface area contributed by atoms with E-state index in [0.29, 0.717) is 29.3 Å². The van der Waals surface area contributed by atoms with Crippen LogP contribution < -0.4 is 4.74 Å². The first-order chi connectivity index (χ1) is 12.2. The van der Waals surface area contributed by atoms with Crippen molar-refractivity contribution in [2.45, 2.75) is 26.3 Å². The Balaban J connectivity index is 1.90. The molecule has 0 radical (unpaired) electrons. The summed E-state index contributed by atoms with van der Waals surface area (Å²) in [5.41, 5.74) is 2.50. The Kier molecular flexibility index (Phi) is 3.99. The van der Waals surface area contributed by atoms with Crippen LogP contribution in [0.1, 0.15) is 19.8 Å². The van der Waals surface area contributed by atoms with Crippen LogP contribution in [0.5, 0.6) is 5.75 Å². The first kappa shape index (κ1) is 15.8. The van der Waals surface area contributed by atoms with Crippen molar-refractivity contribution < 1.29 is 9.13 Å². The van der Waals surface area contributed by atoms with Gasteiger partial charge in [0, 0.05) is 23.6 Å². The number of hydrogen-bond acceptors (Lipinski definition) is 3. The molecule has 4 rings (SSSR count). The number of benzene rings is 2. The van der Waals surface area contributed by atoms with Crippen molar-refractivity contribution in [2.24, 2.45) is 11.1 Å². The van der Waals surface area contributed by atoms with E-state index in [2.05, 4.69) is 5.18 Å². The zero-order chi connectivity index (χ0) is 17.4. The van der Waals surface area contributed by atoms with Crippen molar-refractivity contribution in [1.29, 1.82) is 0 Å². The number of ether oxygens (including phenoxy) is 1. The minimum Gasteiger partial charge on any atom is -0.494 e. The maximum Gasteiger partial charge on any atom is 0.156 e. The van der Waals surface area contributed by atoms with E-state index in [4.69, 9.17) is 4.74 Å². The summed E-state index contributed by atoms with van der Waals surface area (Å²) < 4.78 is 22.8. The third-order valence-corrected chi connectivity index (χ3v) is 4.67. The van der Waals surface area contributed by atoms with Gasteiger partial charge in [-0.1, -0.05) is 12.1 Å². The number of halogens is 1. The molecule has 1 heterocycles. The molecule has 0 aliphatic heterocycles. The highest BCUT2D eigenvalue weighted by atomic mass is 19.1. The Labute approximate surface area is 145 Å². The zero-order valence-electron chi connectivity index (χ0n) is 14.0. The second kappa shape index (κ2) is 6.31. The minimum absolute atomic E-state index is 0.231. The van der Waals surface area contributed by atoms with Crippen molar-refractivity contribution in [2.75, 3.05) is 6.61 Å². The molecule has 1 aromatic heterocycles. The Hall–Kier alpha value is -2.69. The van der Waals surface area contributed by atoms with E-state index in [-0.39, 0.29) is 5.82 Å². The standard InChI is InChI=1S/C20H19FN2O2/c1-2-25-16-9-10-17-18(11-16)23(12-13-3-4-13)20(19(17)21)14-5-7-15(22-24)8-6-14/h5-11,13H,2-4,12H2,1H3. The molecule has 0 amide bonds. The van der Waals surface area contributed by atoms with Crippen molar-refractivity contribution in [3.8, 4) is 17.0 Å². The Morgan fingerprint density at radius 2 is 1.96 bits per heavy atom. The highest BCUT2D eigenvalue weighted by Gasteiger charge is 2.26. The molecule has 0 bridgehead atoms. The molecule has 0 spiro atoms. The van der Waals surface area contributed by atoms with Gasteiger partial charge in [-0.25, -0.2) is 4.39 Å². The molecule has 1 aliphatic rings. The fraction of sp³-hybridized carbons (Fsp3) is 0.300. The fourth-order valence-electron chi connectivity index (χ4n) is 3.25. The van der Waals surface area contributed by atoms with Crippen LogP contribution in [0.4, 0.5) is 10.1 Å². The van der Waals surface area contributed by atoms with Gasteiger partial charge < -0.3 is 9.30 Å². The molecule has 1 fully saturated rings. The summed E-state index contributed by atoms with van der Waals surface area (Å²) >= 11 is 0. The summed E-state index contributed by atoms with van der Waals surface area (Å²) in [6.45, 7) is 3.30. The van der Waals surface area contributed by atoms with Crippen LogP contribution in [-0.4, -0.2) is 11.2 Å². The Morgan fingerprint density at radius 3 is 2.60 bits per heavy atom. The van der Waals surface area contributed by atoms with Gasteiger partial charge in [0.15, 0.2) is 5.82 Å². The van der Waals surface area contributed by atoms with Crippen molar-refractivity contribution >= 4 is 16.6 Å². The largest absolute Gasteiger partial charge is 0.494 e. The second-order valence-electron chi connectivity index (χ2n) is 6.47. The SMILES string of the molecule is CCOc1ccc2c(F)c(-c3ccc(N=O)cc3)n(CC3CC3)c2c1. The summed E-state index contributed by atoms with van der Waals surface area (Å²) in [6, 6.07) is 12.2. The monoisotopic (exact) mass is 338 g/mol. The van der Waals surface area contributed by atoms with E-state index in [1.54, 1.807) is 36.4 Å². The molecule has 0 N–H and O–H groups in total. The molecule has 128 valence electrons. The lowest BCUT2D eigenvalue weighted by molar-refractivity contribution is 0.340. The maximum absolute atomic E-state index is 15.2. The number of nitrogens with zero attached hydrogens (tertiary/aromatic N) is 2. The molecule has 3 aromatic rings. The number of hydrogen-bond donors (Lipinski definition) is 0. The molecular formula is C20H19FN2O2. The molecule has 1 saturated carbocycles. The lowest BCUT2D eigenvalue weighted by Crippen LogP contribution is -2.02. The first-order valence-corrected chi connectivity index (χ1v) is 8.59. The van der Waals surface area contributed by atoms with Gasteiger partial charge in [0.2, 0.25) is 0 Å². The predicted octanol–water partition coefficient (Wildman–Crippen LogP) is 5.65. The van der Waals surface area contributed by atoms with E-state index in [1.807, 2.05) is 17.6 Å². The van der Waals surface area contributed by atoms with E-state index in [1.165, 1.54) is 12.8 Å². The lowest BCUT2D eigenvalue weighted by atomic mass is 10.1. The number of fused-ring (bicyclic) bond motifs is 1. The van der Waals surface area contributed by atoms with Gasteiger partial charge in [0.25, 0.3) is 0 Å². The van der Waals surface area contributed by atoms with Crippen LogP contribution >= 0.6 is 0 Å². The molecule has 5 heteroatoms. The number of rotatable bonds is 6. The highest BCUT2D eigenvalue weighted by molar-refractivity contribution is 5.89. The molecule has 0 saturated heterocycles. The van der Waals surface area contributed by atoms with Gasteiger partial charge in [0.1, 0.15) is 11.4 Å². The Bertz CT molecular complexity index is 927. The molecule has 2 aromatic carbocycles. The average Bonchev–Trinajstić information content (AvgIpc) is 3.41. The molecular weight excluding hydrogens is 319 g/mol. The van der Waals surface area contributed by atoms with Crippen LogP contribution in [0.2, 0.25) is 0 Å². The van der Waals surface area contributed by atoms with E-state index in [9.17, 15) is 4.91 Å². The molecule has 1 aliphatic carbocycles. The number of aromatic nitrogens is 1. The van der Waals surface area contributed by atoms with Gasteiger partial charge in [-0.2, -0.15) is 0 Å². The normalized spacial score (nSPS) is 14.0. The Morgan fingerprint density at radius 1 is 1.20 bits per heavy atom. The number of nitroso groups, excluding NO2 is 1. The van der Waals surface area contributed by atoms with Crippen LogP contribution in [-0.2, 0) is 6.54 Å².